The van der Waals surface area contributed by atoms with E-state index in [2.05, 4.69) is 0 Å². The number of unbranched alkanes of at least 4 members (excludes halogenated alkanes) is 2. The van der Waals surface area contributed by atoms with Crippen LogP contribution in [0.1, 0.15) is 88.4 Å². The van der Waals surface area contributed by atoms with Gasteiger partial charge in [-0.2, -0.15) is 0 Å². The van der Waals surface area contributed by atoms with Crippen molar-refractivity contribution in [3.05, 3.63) is 156 Å². The Morgan fingerprint density at radius 2 is 0.582 bits per heavy atom. The van der Waals surface area contributed by atoms with E-state index in [4.69, 9.17) is 47.4 Å². The number of hydrogen-bond acceptors (Lipinski definition) is 14. The van der Waals surface area contributed by atoms with E-state index in [1.165, 1.54) is 36.4 Å². The van der Waals surface area contributed by atoms with Crippen molar-refractivity contribution in [3.63, 3.8) is 0 Å². The maximum atomic E-state index is 13.5. The van der Waals surface area contributed by atoms with Crippen LogP contribution in [0.25, 0.3) is 0 Å². The van der Waals surface area contributed by atoms with Gasteiger partial charge in [-0.1, -0.05) is 0 Å². The third-order valence-electron chi connectivity index (χ3n) is 9.56. The fourth-order valence-corrected chi connectivity index (χ4v) is 6.36. The first kappa shape index (κ1) is 48.5. The van der Waals surface area contributed by atoms with Crippen LogP contribution in [0.5, 0.6) is 57.5 Å². The Labute approximate surface area is 389 Å². The number of carbonyl (C=O) groups is 4. The van der Waals surface area contributed by atoms with Gasteiger partial charge in [0, 0.05) is 0 Å². The minimum atomic E-state index is -0.693. The molecule has 0 saturated carbocycles. The fraction of sp³-hybridized carbons (Fsp3) is 0.245. The molecule has 0 aliphatic carbocycles. The van der Waals surface area contributed by atoms with Gasteiger partial charge in [-0.25, -0.2) is 19.2 Å². The van der Waals surface area contributed by atoms with Crippen molar-refractivity contribution in [2.45, 2.75) is 47.0 Å². The lowest BCUT2D eigenvalue weighted by Gasteiger charge is -2.14. The van der Waals surface area contributed by atoms with E-state index in [9.17, 15) is 19.2 Å². The van der Waals surface area contributed by atoms with Crippen LogP contribution in [-0.4, -0.2) is 63.5 Å². The monoisotopic (exact) mass is 912 g/mol. The SMILES string of the molecule is CCOc1ccc(OC(=O)c2ccc(C(=O)Oc3ccc(OCC)cc3)c(OCCCCCOc3cc(C(=O)Oc4ccc(OCC)cc4)ccc3C(=O)Oc3ccc(OCC)cc3)c2)cc1. The Bertz CT molecular complexity index is 2370. The summed E-state index contributed by atoms with van der Waals surface area (Å²) in [5, 5.41) is 0. The number of carbonyl (C=O) groups excluding carboxylic acids is 4. The van der Waals surface area contributed by atoms with Crippen molar-refractivity contribution in [1.82, 2.24) is 0 Å². The van der Waals surface area contributed by atoms with Crippen molar-refractivity contribution < 1.29 is 66.5 Å². The number of rotatable bonds is 24. The molecule has 0 fully saturated rings. The van der Waals surface area contributed by atoms with Crippen LogP contribution in [0.2, 0.25) is 0 Å². The lowest BCUT2D eigenvalue weighted by atomic mass is 10.1. The van der Waals surface area contributed by atoms with Crippen LogP contribution in [0.15, 0.2) is 133 Å². The minimum Gasteiger partial charge on any atom is -0.494 e. The summed E-state index contributed by atoms with van der Waals surface area (Å²) in [5.41, 5.74) is 0.496. The molecule has 0 heterocycles. The average Bonchev–Trinajstić information content (AvgIpc) is 3.34. The van der Waals surface area contributed by atoms with E-state index in [0.717, 1.165) is 0 Å². The van der Waals surface area contributed by atoms with Crippen molar-refractivity contribution in [1.29, 1.82) is 0 Å². The van der Waals surface area contributed by atoms with E-state index in [-0.39, 0.29) is 47.0 Å². The van der Waals surface area contributed by atoms with Gasteiger partial charge < -0.3 is 47.4 Å². The standard InChI is InChI=1S/C53H52O14/c1-5-58-38-14-22-42(23-15-38)64-50(54)36-12-30-46(52(56)66-44-26-18-40(19-27-44)60-7-3)48(34-36)62-32-10-9-11-33-63-49-35-37(51(55)65-43-24-16-39(17-25-43)59-6-2)13-31-47(49)53(57)67-45-28-20-41(21-29-45)61-8-4/h12-31,34-35H,5-11,32-33H2,1-4H3. The van der Waals surface area contributed by atoms with Crippen LogP contribution in [0.4, 0.5) is 0 Å². The molecular weight excluding hydrogens is 861 g/mol. The van der Waals surface area contributed by atoms with Gasteiger partial charge in [0.2, 0.25) is 0 Å². The molecule has 6 aromatic rings. The fourth-order valence-electron chi connectivity index (χ4n) is 6.36. The molecule has 0 saturated heterocycles. The third kappa shape index (κ3) is 14.5. The summed E-state index contributed by atoms with van der Waals surface area (Å²) in [7, 11) is 0. The molecule has 0 spiro atoms. The highest BCUT2D eigenvalue weighted by molar-refractivity contribution is 5.98. The molecule has 0 N–H and O–H groups in total. The van der Waals surface area contributed by atoms with Gasteiger partial charge in [0.1, 0.15) is 68.6 Å². The predicted molar refractivity (Wildman–Crippen MR) is 248 cm³/mol. The van der Waals surface area contributed by atoms with Crippen molar-refractivity contribution in [2.24, 2.45) is 0 Å². The molecule has 0 aliphatic heterocycles. The first-order valence-corrected chi connectivity index (χ1v) is 22.0. The van der Waals surface area contributed by atoms with Crippen LogP contribution in [0.3, 0.4) is 0 Å². The highest BCUT2D eigenvalue weighted by Crippen LogP contribution is 2.29. The van der Waals surface area contributed by atoms with Gasteiger partial charge in [-0.15, -0.1) is 0 Å². The first-order chi connectivity index (χ1) is 32.7. The van der Waals surface area contributed by atoms with Gasteiger partial charge >= 0.3 is 23.9 Å². The van der Waals surface area contributed by atoms with Gasteiger partial charge in [0.15, 0.2) is 0 Å². The summed E-state index contributed by atoms with van der Waals surface area (Å²) in [4.78, 5) is 53.4. The summed E-state index contributed by atoms with van der Waals surface area (Å²) in [6.07, 6.45) is 1.62. The van der Waals surface area contributed by atoms with Crippen LogP contribution in [0, 0.1) is 0 Å². The molecule has 6 rings (SSSR count). The topological polar surface area (TPSA) is 161 Å². The summed E-state index contributed by atoms with van der Waals surface area (Å²) in [6, 6.07) is 35.2. The average molecular weight is 913 g/mol. The zero-order chi connectivity index (χ0) is 47.4. The second-order valence-corrected chi connectivity index (χ2v) is 14.4. The molecule has 348 valence electrons. The summed E-state index contributed by atoms with van der Waals surface area (Å²) < 4.78 is 56.6. The van der Waals surface area contributed by atoms with Crippen molar-refractivity contribution in [3.8, 4) is 57.5 Å². The van der Waals surface area contributed by atoms with Gasteiger partial charge in [-0.3, -0.25) is 0 Å². The van der Waals surface area contributed by atoms with Gasteiger partial charge in [0.05, 0.1) is 50.8 Å². The number of esters is 4. The molecule has 6 aromatic carbocycles. The van der Waals surface area contributed by atoms with E-state index in [0.29, 0.717) is 91.7 Å². The Morgan fingerprint density at radius 3 is 0.866 bits per heavy atom. The normalized spacial score (nSPS) is 10.6. The minimum absolute atomic E-state index is 0.0976. The van der Waals surface area contributed by atoms with Gasteiger partial charge in [-0.05, 0) is 180 Å². The molecule has 0 atom stereocenters. The quantitative estimate of drug-likeness (QED) is 0.0320. The van der Waals surface area contributed by atoms with E-state index in [1.807, 2.05) is 27.7 Å². The Balaban J connectivity index is 1.11. The van der Waals surface area contributed by atoms with Gasteiger partial charge in [0.25, 0.3) is 0 Å². The third-order valence-corrected chi connectivity index (χ3v) is 9.56. The Hall–Kier alpha value is -8.00. The number of ether oxygens (including phenoxy) is 10. The molecule has 14 heteroatoms. The lowest BCUT2D eigenvalue weighted by molar-refractivity contribution is 0.0715. The van der Waals surface area contributed by atoms with Crippen LogP contribution in [-0.2, 0) is 0 Å². The highest BCUT2D eigenvalue weighted by Gasteiger charge is 2.21. The molecule has 0 amide bonds. The molecule has 0 radical (unpaired) electrons. The highest BCUT2D eigenvalue weighted by atomic mass is 16.6. The van der Waals surface area contributed by atoms with E-state index < -0.39 is 23.9 Å². The van der Waals surface area contributed by atoms with E-state index >= 15 is 0 Å². The molecular formula is C53H52O14. The predicted octanol–water partition coefficient (Wildman–Crippen LogP) is 10.8. The molecule has 0 bridgehead atoms. The van der Waals surface area contributed by atoms with Crippen molar-refractivity contribution >= 4 is 23.9 Å². The summed E-state index contributed by atoms with van der Waals surface area (Å²) >= 11 is 0. The van der Waals surface area contributed by atoms with Crippen LogP contribution >= 0.6 is 0 Å². The van der Waals surface area contributed by atoms with E-state index in [1.54, 1.807) is 97.1 Å². The number of benzene rings is 6. The summed E-state index contributed by atoms with van der Waals surface area (Å²) in [5.74, 6) is 1.28. The second-order valence-electron chi connectivity index (χ2n) is 14.4. The largest absolute Gasteiger partial charge is 0.494 e. The molecule has 0 aliphatic rings. The first-order valence-electron chi connectivity index (χ1n) is 22.0. The molecule has 67 heavy (non-hydrogen) atoms. The van der Waals surface area contributed by atoms with Crippen LogP contribution < -0.4 is 47.4 Å². The lowest BCUT2D eigenvalue weighted by Crippen LogP contribution is -2.14. The summed E-state index contributed by atoms with van der Waals surface area (Å²) in [6.45, 7) is 9.78. The molecule has 14 nitrogen and oxygen atoms in total. The molecule has 0 aromatic heterocycles. The zero-order valence-corrected chi connectivity index (χ0v) is 37.8. The number of hydrogen-bond donors (Lipinski definition) is 0. The van der Waals surface area contributed by atoms with Crippen molar-refractivity contribution in [2.75, 3.05) is 39.6 Å². The zero-order valence-electron chi connectivity index (χ0n) is 37.8. The second kappa shape index (κ2) is 24.9. The maximum absolute atomic E-state index is 13.5. The Morgan fingerprint density at radius 1 is 0.313 bits per heavy atom. The molecule has 0 unspecified atom stereocenters. The maximum Gasteiger partial charge on any atom is 0.347 e. The Kier molecular flexibility index (Phi) is 18.0. The smallest absolute Gasteiger partial charge is 0.347 e.